The van der Waals surface area contributed by atoms with Gasteiger partial charge in [0, 0.05) is 55.8 Å². The Hall–Kier alpha value is -1.43. The van der Waals surface area contributed by atoms with Crippen LogP contribution in [0, 0.1) is 11.2 Å². The van der Waals surface area contributed by atoms with Crippen molar-refractivity contribution in [3.63, 3.8) is 0 Å². The fourth-order valence-corrected chi connectivity index (χ4v) is 3.87. The molecule has 1 aromatic heterocycles. The van der Waals surface area contributed by atoms with Crippen LogP contribution in [0.4, 0.5) is 4.39 Å². The predicted molar refractivity (Wildman–Crippen MR) is 93.4 cm³/mol. The second-order valence-corrected chi connectivity index (χ2v) is 7.71. The van der Waals surface area contributed by atoms with E-state index in [2.05, 4.69) is 29.4 Å². The number of nitrogens with zero attached hydrogens (tertiary/aromatic N) is 2. The first-order chi connectivity index (χ1) is 11.3. The average molecular weight is 334 g/mol. The lowest BCUT2D eigenvalue weighted by Gasteiger charge is -2.50. The number of rotatable bonds is 4. The van der Waals surface area contributed by atoms with Crippen LogP contribution in [-0.2, 0) is 18.3 Å². The van der Waals surface area contributed by atoms with Gasteiger partial charge in [0.1, 0.15) is 5.82 Å². The fraction of sp³-hybridized carbons (Fsp3) is 0.579. The lowest BCUT2D eigenvalue weighted by molar-refractivity contribution is -0.151. The van der Waals surface area contributed by atoms with Crippen molar-refractivity contribution in [1.82, 2.24) is 9.47 Å². The molecule has 1 aromatic carbocycles. The maximum Gasteiger partial charge on any atom is 0.123 e. The van der Waals surface area contributed by atoms with Gasteiger partial charge >= 0.3 is 0 Å². The van der Waals surface area contributed by atoms with Crippen molar-refractivity contribution in [3.8, 4) is 0 Å². The summed E-state index contributed by atoms with van der Waals surface area (Å²) in [6.45, 7) is 6.95. The number of hydrogen-bond acceptors (Lipinski definition) is 3. The molecule has 1 aliphatic heterocycles. The summed E-state index contributed by atoms with van der Waals surface area (Å²) in [5.41, 5.74) is 1.15. The first-order valence-corrected chi connectivity index (χ1v) is 8.43. The van der Waals surface area contributed by atoms with Gasteiger partial charge in [0.2, 0.25) is 0 Å². The quantitative estimate of drug-likeness (QED) is 0.934. The molecule has 0 radical (unpaired) electrons. The van der Waals surface area contributed by atoms with Crippen LogP contribution in [0.1, 0.15) is 26.0 Å². The van der Waals surface area contributed by atoms with E-state index >= 15 is 0 Å². The van der Waals surface area contributed by atoms with E-state index < -0.39 is 5.60 Å². The molecular weight excluding hydrogens is 307 g/mol. The largest absolute Gasteiger partial charge is 0.387 e. The number of piperidine rings is 1. The molecule has 1 atom stereocenters. The maximum atomic E-state index is 13.4. The molecule has 0 saturated carbocycles. The highest BCUT2D eigenvalue weighted by Gasteiger charge is 2.47. The number of benzene rings is 1. The Morgan fingerprint density at radius 3 is 2.71 bits per heavy atom. The molecule has 0 amide bonds. The standard InChI is InChI=1S/C19H27FN2O2/c1-18(2)12-22(8-7-19(18,23)13-24-4)11-16-10-14-9-15(20)5-6-17(14)21(16)3/h5-6,9-10,23H,7-8,11-13H2,1-4H3/t19-/m1/s1. The molecule has 5 heteroatoms. The zero-order valence-electron chi connectivity index (χ0n) is 15.0. The second kappa shape index (κ2) is 6.14. The van der Waals surface area contributed by atoms with Gasteiger partial charge in [-0.15, -0.1) is 0 Å². The van der Waals surface area contributed by atoms with Gasteiger partial charge in [0.15, 0.2) is 0 Å². The normalized spacial score (nSPS) is 24.6. The maximum absolute atomic E-state index is 13.4. The minimum Gasteiger partial charge on any atom is -0.387 e. The number of methoxy groups -OCH3 is 1. The summed E-state index contributed by atoms with van der Waals surface area (Å²) < 4.78 is 20.8. The van der Waals surface area contributed by atoms with Crippen LogP contribution in [0.3, 0.4) is 0 Å². The highest BCUT2D eigenvalue weighted by atomic mass is 19.1. The van der Waals surface area contributed by atoms with E-state index in [1.807, 2.05) is 13.1 Å². The highest BCUT2D eigenvalue weighted by Crippen LogP contribution is 2.39. The van der Waals surface area contributed by atoms with Crippen molar-refractivity contribution in [2.24, 2.45) is 12.5 Å². The van der Waals surface area contributed by atoms with E-state index in [0.717, 1.165) is 36.2 Å². The van der Waals surface area contributed by atoms with Gasteiger partial charge in [-0.25, -0.2) is 4.39 Å². The molecule has 3 rings (SSSR count). The number of halogens is 1. The van der Waals surface area contributed by atoms with Gasteiger partial charge in [0.25, 0.3) is 0 Å². The SMILES string of the molecule is COC[C@]1(O)CCN(Cc2cc3cc(F)ccc3n2C)CC1(C)C. The van der Waals surface area contributed by atoms with Crippen molar-refractivity contribution >= 4 is 10.9 Å². The number of aromatic nitrogens is 1. The van der Waals surface area contributed by atoms with Crippen molar-refractivity contribution < 1.29 is 14.2 Å². The van der Waals surface area contributed by atoms with Gasteiger partial charge in [-0.1, -0.05) is 13.8 Å². The Balaban J connectivity index is 1.79. The van der Waals surface area contributed by atoms with E-state index in [1.54, 1.807) is 13.2 Å². The summed E-state index contributed by atoms with van der Waals surface area (Å²) >= 11 is 0. The smallest absolute Gasteiger partial charge is 0.123 e. The summed E-state index contributed by atoms with van der Waals surface area (Å²) in [5.74, 6) is -0.205. The molecule has 4 nitrogen and oxygen atoms in total. The molecule has 0 bridgehead atoms. The van der Waals surface area contributed by atoms with Gasteiger partial charge < -0.3 is 14.4 Å². The highest BCUT2D eigenvalue weighted by molar-refractivity contribution is 5.81. The van der Waals surface area contributed by atoms with E-state index in [-0.39, 0.29) is 11.2 Å². The number of aryl methyl sites for hydroxylation is 1. The third-order valence-electron chi connectivity index (χ3n) is 5.59. The van der Waals surface area contributed by atoms with E-state index in [9.17, 15) is 9.50 Å². The van der Waals surface area contributed by atoms with Crippen molar-refractivity contribution in [2.75, 3.05) is 26.8 Å². The van der Waals surface area contributed by atoms with E-state index in [4.69, 9.17) is 4.74 Å². The summed E-state index contributed by atoms with van der Waals surface area (Å²) in [6, 6.07) is 6.96. The van der Waals surface area contributed by atoms with Crippen LogP contribution in [0.5, 0.6) is 0 Å². The third-order valence-corrected chi connectivity index (χ3v) is 5.59. The molecule has 1 fully saturated rings. The third kappa shape index (κ3) is 2.96. The van der Waals surface area contributed by atoms with Gasteiger partial charge in [0.05, 0.1) is 12.2 Å². The Labute approximate surface area is 142 Å². The van der Waals surface area contributed by atoms with Crippen LogP contribution >= 0.6 is 0 Å². The van der Waals surface area contributed by atoms with Gasteiger partial charge in [-0.2, -0.15) is 0 Å². The minimum absolute atomic E-state index is 0.205. The minimum atomic E-state index is -0.791. The summed E-state index contributed by atoms with van der Waals surface area (Å²) in [7, 11) is 3.65. The molecular formula is C19H27FN2O2. The lowest BCUT2D eigenvalue weighted by Crippen LogP contribution is -2.59. The van der Waals surface area contributed by atoms with Crippen LogP contribution in [0.2, 0.25) is 0 Å². The molecule has 132 valence electrons. The first-order valence-electron chi connectivity index (χ1n) is 8.43. The van der Waals surface area contributed by atoms with Gasteiger partial charge in [-0.3, -0.25) is 4.90 Å². The average Bonchev–Trinajstić information content (AvgIpc) is 2.79. The molecule has 2 heterocycles. The number of fused-ring (bicyclic) bond motifs is 1. The van der Waals surface area contributed by atoms with Crippen molar-refractivity contribution in [1.29, 1.82) is 0 Å². The van der Waals surface area contributed by atoms with Crippen molar-refractivity contribution in [3.05, 3.63) is 35.8 Å². The Kier molecular flexibility index (Phi) is 4.45. The number of hydrogen-bond donors (Lipinski definition) is 1. The van der Waals surface area contributed by atoms with Crippen LogP contribution < -0.4 is 0 Å². The molecule has 0 spiro atoms. The number of likely N-dealkylation sites (tertiary alicyclic amines) is 1. The number of aliphatic hydroxyl groups is 1. The zero-order valence-corrected chi connectivity index (χ0v) is 15.0. The molecule has 1 N–H and O–H groups in total. The summed E-state index contributed by atoms with van der Waals surface area (Å²) in [4.78, 5) is 2.36. The van der Waals surface area contributed by atoms with E-state index in [1.165, 1.54) is 6.07 Å². The number of ether oxygens (including phenoxy) is 1. The summed E-state index contributed by atoms with van der Waals surface area (Å²) in [5, 5.41) is 11.8. The second-order valence-electron chi connectivity index (χ2n) is 7.71. The Bertz CT molecular complexity index is 740. The zero-order chi connectivity index (χ0) is 17.5. The van der Waals surface area contributed by atoms with Crippen LogP contribution in [0.15, 0.2) is 24.3 Å². The molecule has 2 aromatic rings. The van der Waals surface area contributed by atoms with Gasteiger partial charge in [-0.05, 0) is 30.7 Å². The fourth-order valence-electron chi connectivity index (χ4n) is 3.87. The van der Waals surface area contributed by atoms with Crippen LogP contribution in [0.25, 0.3) is 10.9 Å². The molecule has 1 aliphatic rings. The molecule has 0 unspecified atom stereocenters. The van der Waals surface area contributed by atoms with Crippen LogP contribution in [-0.4, -0.2) is 47.0 Å². The van der Waals surface area contributed by atoms with E-state index in [0.29, 0.717) is 13.0 Å². The topological polar surface area (TPSA) is 37.6 Å². The summed E-state index contributed by atoms with van der Waals surface area (Å²) in [6.07, 6.45) is 0.687. The lowest BCUT2D eigenvalue weighted by atomic mass is 9.70. The Morgan fingerprint density at radius 1 is 1.29 bits per heavy atom. The van der Waals surface area contributed by atoms with Crippen molar-refractivity contribution in [2.45, 2.75) is 32.4 Å². The monoisotopic (exact) mass is 334 g/mol. The first kappa shape index (κ1) is 17.4. The Morgan fingerprint density at radius 2 is 2.04 bits per heavy atom. The molecule has 1 saturated heterocycles. The molecule has 24 heavy (non-hydrogen) atoms. The predicted octanol–water partition coefficient (Wildman–Crippen LogP) is 2.93. The molecule has 0 aliphatic carbocycles.